The number of nitriles is 1. The van der Waals surface area contributed by atoms with E-state index in [1.807, 2.05) is 11.9 Å². The van der Waals surface area contributed by atoms with Crippen molar-refractivity contribution in [2.45, 2.75) is 25.8 Å². The van der Waals surface area contributed by atoms with E-state index in [1.54, 1.807) is 6.92 Å². The molecule has 0 saturated heterocycles. The number of carbonyl (C=O) groups is 1. The predicted octanol–water partition coefficient (Wildman–Crippen LogP) is 0.695. The summed E-state index contributed by atoms with van der Waals surface area (Å²) in [4.78, 5) is 12.0. The molecule has 0 heterocycles. The van der Waals surface area contributed by atoms with E-state index in [-0.39, 0.29) is 12.5 Å². The molecule has 0 saturated carbocycles. The van der Waals surface area contributed by atoms with Crippen LogP contribution in [0.5, 0.6) is 0 Å². The smallest absolute Gasteiger partial charge is 0.303 e. The first-order valence-electron chi connectivity index (χ1n) is 3.89. The normalized spacial score (nSPS) is 12.5. The molecule has 0 aliphatic carbocycles. The lowest BCUT2D eigenvalue weighted by molar-refractivity contribution is -0.137. The molecule has 0 radical (unpaired) electrons. The van der Waals surface area contributed by atoms with Gasteiger partial charge >= 0.3 is 5.97 Å². The second-order valence-electron chi connectivity index (χ2n) is 2.78. The van der Waals surface area contributed by atoms with Crippen molar-refractivity contribution in [2.75, 3.05) is 13.6 Å². The fourth-order valence-electron chi connectivity index (χ4n) is 0.772. The van der Waals surface area contributed by atoms with Crippen LogP contribution in [0.2, 0.25) is 0 Å². The number of rotatable bonds is 5. The van der Waals surface area contributed by atoms with Crippen LogP contribution in [-0.2, 0) is 4.79 Å². The zero-order valence-electron chi connectivity index (χ0n) is 7.45. The van der Waals surface area contributed by atoms with Gasteiger partial charge in [-0.15, -0.1) is 0 Å². The SMILES string of the molecule is CC(C#N)N(C)CCCC(=O)O. The van der Waals surface area contributed by atoms with Crippen molar-refractivity contribution in [1.29, 1.82) is 5.26 Å². The summed E-state index contributed by atoms with van der Waals surface area (Å²) >= 11 is 0. The molecule has 1 unspecified atom stereocenters. The molecule has 0 aromatic heterocycles. The molecule has 1 N–H and O–H groups in total. The van der Waals surface area contributed by atoms with Gasteiger partial charge in [-0.05, 0) is 26.9 Å². The molecular weight excluding hydrogens is 156 g/mol. The van der Waals surface area contributed by atoms with Crippen molar-refractivity contribution in [3.63, 3.8) is 0 Å². The van der Waals surface area contributed by atoms with E-state index in [0.717, 1.165) is 0 Å². The van der Waals surface area contributed by atoms with Crippen molar-refractivity contribution in [3.8, 4) is 6.07 Å². The highest BCUT2D eigenvalue weighted by atomic mass is 16.4. The van der Waals surface area contributed by atoms with Crippen molar-refractivity contribution < 1.29 is 9.90 Å². The van der Waals surface area contributed by atoms with Crippen LogP contribution in [0.1, 0.15) is 19.8 Å². The van der Waals surface area contributed by atoms with E-state index in [0.29, 0.717) is 13.0 Å². The number of hydrogen-bond acceptors (Lipinski definition) is 3. The molecule has 0 aliphatic rings. The first-order valence-corrected chi connectivity index (χ1v) is 3.89. The van der Waals surface area contributed by atoms with Gasteiger partial charge in [0.25, 0.3) is 0 Å². The van der Waals surface area contributed by atoms with Gasteiger partial charge in [0.05, 0.1) is 12.1 Å². The van der Waals surface area contributed by atoms with E-state index in [9.17, 15) is 4.79 Å². The van der Waals surface area contributed by atoms with Crippen LogP contribution in [-0.4, -0.2) is 35.6 Å². The maximum absolute atomic E-state index is 10.1. The summed E-state index contributed by atoms with van der Waals surface area (Å²) < 4.78 is 0. The van der Waals surface area contributed by atoms with Crippen LogP contribution in [0.4, 0.5) is 0 Å². The Morgan fingerprint density at radius 3 is 2.75 bits per heavy atom. The second-order valence-corrected chi connectivity index (χ2v) is 2.78. The molecule has 0 aliphatic heterocycles. The third-order valence-electron chi connectivity index (χ3n) is 1.75. The van der Waals surface area contributed by atoms with Crippen molar-refractivity contribution in [1.82, 2.24) is 4.90 Å². The zero-order valence-corrected chi connectivity index (χ0v) is 7.45. The van der Waals surface area contributed by atoms with Gasteiger partial charge in [-0.2, -0.15) is 5.26 Å². The molecule has 4 nitrogen and oxygen atoms in total. The molecule has 0 spiro atoms. The van der Waals surface area contributed by atoms with E-state index >= 15 is 0 Å². The number of carboxylic acids is 1. The van der Waals surface area contributed by atoms with Crippen molar-refractivity contribution >= 4 is 5.97 Å². The fourth-order valence-corrected chi connectivity index (χ4v) is 0.772. The summed E-state index contributed by atoms with van der Waals surface area (Å²) in [6.45, 7) is 2.45. The molecule has 0 bridgehead atoms. The van der Waals surface area contributed by atoms with Gasteiger partial charge in [-0.1, -0.05) is 0 Å². The highest BCUT2D eigenvalue weighted by molar-refractivity contribution is 5.66. The van der Waals surface area contributed by atoms with Crippen LogP contribution in [0, 0.1) is 11.3 Å². The molecule has 1 atom stereocenters. The molecule has 0 rings (SSSR count). The summed E-state index contributed by atoms with van der Waals surface area (Å²) in [5.41, 5.74) is 0. The monoisotopic (exact) mass is 170 g/mol. The largest absolute Gasteiger partial charge is 0.481 e. The Hall–Kier alpha value is -1.08. The highest BCUT2D eigenvalue weighted by Gasteiger charge is 2.07. The van der Waals surface area contributed by atoms with Gasteiger partial charge in [-0.3, -0.25) is 9.69 Å². The first-order chi connectivity index (χ1) is 5.57. The van der Waals surface area contributed by atoms with Crippen LogP contribution in [0.25, 0.3) is 0 Å². The van der Waals surface area contributed by atoms with E-state index < -0.39 is 5.97 Å². The Morgan fingerprint density at radius 2 is 2.33 bits per heavy atom. The Balaban J connectivity index is 3.51. The molecular formula is C8H14N2O2. The maximum Gasteiger partial charge on any atom is 0.303 e. The van der Waals surface area contributed by atoms with E-state index in [4.69, 9.17) is 10.4 Å². The van der Waals surface area contributed by atoms with Crippen LogP contribution in [0.3, 0.4) is 0 Å². The minimum atomic E-state index is -0.784. The Morgan fingerprint density at radius 1 is 1.75 bits per heavy atom. The number of aliphatic carboxylic acids is 1. The van der Waals surface area contributed by atoms with E-state index in [1.165, 1.54) is 0 Å². The number of hydrogen-bond donors (Lipinski definition) is 1. The average molecular weight is 170 g/mol. The van der Waals surface area contributed by atoms with Crippen molar-refractivity contribution in [3.05, 3.63) is 0 Å². The van der Waals surface area contributed by atoms with Gasteiger partial charge < -0.3 is 5.11 Å². The molecule has 4 heteroatoms. The van der Waals surface area contributed by atoms with Crippen LogP contribution in [0.15, 0.2) is 0 Å². The number of nitrogens with zero attached hydrogens (tertiary/aromatic N) is 2. The second kappa shape index (κ2) is 5.56. The Labute approximate surface area is 72.4 Å². The van der Waals surface area contributed by atoms with Crippen LogP contribution < -0.4 is 0 Å². The minimum absolute atomic E-state index is 0.140. The lowest BCUT2D eigenvalue weighted by Crippen LogP contribution is -2.28. The third-order valence-corrected chi connectivity index (χ3v) is 1.75. The minimum Gasteiger partial charge on any atom is -0.481 e. The van der Waals surface area contributed by atoms with Crippen LogP contribution >= 0.6 is 0 Å². The highest BCUT2D eigenvalue weighted by Crippen LogP contribution is 1.97. The molecule has 12 heavy (non-hydrogen) atoms. The van der Waals surface area contributed by atoms with E-state index in [2.05, 4.69) is 6.07 Å². The van der Waals surface area contributed by atoms with Gasteiger partial charge in [0.2, 0.25) is 0 Å². The first kappa shape index (κ1) is 10.9. The fraction of sp³-hybridized carbons (Fsp3) is 0.750. The summed E-state index contributed by atoms with van der Waals surface area (Å²) in [5.74, 6) is -0.784. The zero-order chi connectivity index (χ0) is 9.56. The maximum atomic E-state index is 10.1. The lowest BCUT2D eigenvalue weighted by atomic mass is 10.2. The lowest BCUT2D eigenvalue weighted by Gasteiger charge is -2.17. The quantitative estimate of drug-likeness (QED) is 0.659. The van der Waals surface area contributed by atoms with Gasteiger partial charge in [0.15, 0.2) is 0 Å². The third kappa shape index (κ3) is 4.69. The van der Waals surface area contributed by atoms with Gasteiger partial charge in [-0.25, -0.2) is 0 Å². The molecule has 68 valence electrons. The molecule has 0 fully saturated rings. The van der Waals surface area contributed by atoms with Crippen molar-refractivity contribution in [2.24, 2.45) is 0 Å². The Bertz CT molecular complexity index is 186. The van der Waals surface area contributed by atoms with Gasteiger partial charge in [0, 0.05) is 6.42 Å². The summed E-state index contributed by atoms with van der Waals surface area (Å²) in [5, 5.41) is 16.8. The van der Waals surface area contributed by atoms with Gasteiger partial charge in [0.1, 0.15) is 0 Å². The molecule has 0 amide bonds. The predicted molar refractivity (Wildman–Crippen MR) is 44.6 cm³/mol. The standard InChI is InChI=1S/C8H14N2O2/c1-7(6-9)10(2)5-3-4-8(11)12/h7H,3-5H2,1-2H3,(H,11,12). The Kier molecular flexibility index (Phi) is 5.06. The summed E-state index contributed by atoms with van der Waals surface area (Å²) in [7, 11) is 1.82. The summed E-state index contributed by atoms with van der Waals surface area (Å²) in [6.07, 6.45) is 0.764. The molecule has 0 aromatic carbocycles. The average Bonchev–Trinajstić information content (AvgIpc) is 2.02. The summed E-state index contributed by atoms with van der Waals surface area (Å²) in [6, 6.07) is 1.94. The topological polar surface area (TPSA) is 64.3 Å². The number of carboxylic acid groups (broad SMARTS) is 1. The molecule has 0 aromatic rings.